The van der Waals surface area contributed by atoms with Gasteiger partial charge in [0.05, 0.1) is 12.0 Å². The number of hydrogen-bond donors (Lipinski definition) is 0. The van der Waals surface area contributed by atoms with Crippen LogP contribution in [-0.2, 0) is 9.53 Å². The van der Waals surface area contributed by atoms with Gasteiger partial charge < -0.3 is 9.47 Å². The Bertz CT molecular complexity index is 869. The minimum atomic E-state index is -0.604. The van der Waals surface area contributed by atoms with Gasteiger partial charge in [0, 0.05) is 17.7 Å². The van der Waals surface area contributed by atoms with E-state index in [0.29, 0.717) is 11.3 Å². The SMILES string of the molecule is COc1ccc(/C=C2/N=C(c3cccc([N+](=O)[O-])c3)OC2=O)cc1. The summed E-state index contributed by atoms with van der Waals surface area (Å²) in [5.74, 6) is 0.141. The van der Waals surface area contributed by atoms with Gasteiger partial charge in [0.15, 0.2) is 5.70 Å². The fraction of sp³-hybridized carbons (Fsp3) is 0.0588. The van der Waals surface area contributed by atoms with Crippen molar-refractivity contribution in [1.29, 1.82) is 0 Å². The molecule has 0 radical (unpaired) electrons. The maximum Gasteiger partial charge on any atom is 0.363 e. The summed E-state index contributed by atoms with van der Waals surface area (Å²) in [6, 6.07) is 12.8. The molecule has 7 heteroatoms. The summed E-state index contributed by atoms with van der Waals surface area (Å²) in [6.45, 7) is 0. The number of nitro benzene ring substituents is 1. The zero-order valence-corrected chi connectivity index (χ0v) is 12.6. The van der Waals surface area contributed by atoms with E-state index < -0.39 is 10.9 Å². The van der Waals surface area contributed by atoms with Crippen LogP contribution in [0.1, 0.15) is 11.1 Å². The Labute approximate surface area is 137 Å². The van der Waals surface area contributed by atoms with Crippen molar-refractivity contribution in [1.82, 2.24) is 0 Å². The van der Waals surface area contributed by atoms with Crippen molar-refractivity contribution in [3.63, 3.8) is 0 Å². The second-order valence-corrected chi connectivity index (χ2v) is 4.92. The number of benzene rings is 2. The van der Waals surface area contributed by atoms with Gasteiger partial charge in [0.2, 0.25) is 5.90 Å². The summed E-state index contributed by atoms with van der Waals surface area (Å²) in [4.78, 5) is 26.4. The number of carbonyl (C=O) groups excluding carboxylic acids is 1. The molecule has 1 heterocycles. The van der Waals surface area contributed by atoms with Crippen LogP contribution in [0.25, 0.3) is 6.08 Å². The van der Waals surface area contributed by atoms with E-state index in [-0.39, 0.29) is 17.3 Å². The van der Waals surface area contributed by atoms with Crippen LogP contribution in [0.15, 0.2) is 59.2 Å². The molecule has 2 aromatic carbocycles. The van der Waals surface area contributed by atoms with Gasteiger partial charge in [-0.05, 0) is 29.8 Å². The summed E-state index contributed by atoms with van der Waals surface area (Å²) >= 11 is 0. The molecule has 0 amide bonds. The second-order valence-electron chi connectivity index (χ2n) is 4.92. The van der Waals surface area contributed by atoms with Crippen molar-refractivity contribution in [3.05, 3.63) is 75.5 Å². The first-order chi connectivity index (χ1) is 11.6. The van der Waals surface area contributed by atoms with Crippen LogP contribution in [0.3, 0.4) is 0 Å². The lowest BCUT2D eigenvalue weighted by atomic mass is 10.2. The Kier molecular flexibility index (Phi) is 4.07. The van der Waals surface area contributed by atoms with E-state index in [1.165, 1.54) is 18.2 Å². The van der Waals surface area contributed by atoms with Crippen LogP contribution in [0.5, 0.6) is 5.75 Å². The zero-order valence-electron chi connectivity index (χ0n) is 12.6. The highest BCUT2D eigenvalue weighted by Crippen LogP contribution is 2.22. The first-order valence-electron chi connectivity index (χ1n) is 6.98. The fourth-order valence-electron chi connectivity index (χ4n) is 2.14. The van der Waals surface area contributed by atoms with Gasteiger partial charge in [-0.25, -0.2) is 9.79 Å². The van der Waals surface area contributed by atoms with Crippen molar-refractivity contribution in [3.8, 4) is 5.75 Å². The minimum Gasteiger partial charge on any atom is -0.497 e. The molecule has 0 spiro atoms. The van der Waals surface area contributed by atoms with E-state index in [4.69, 9.17) is 9.47 Å². The summed E-state index contributed by atoms with van der Waals surface area (Å²) in [5.41, 5.74) is 1.16. The number of hydrogen-bond acceptors (Lipinski definition) is 6. The standard InChI is InChI=1S/C17H12N2O5/c1-23-14-7-5-11(6-8-14)9-15-17(20)24-16(18-15)12-3-2-4-13(10-12)19(21)22/h2-10H,1H3/b15-9+. The van der Waals surface area contributed by atoms with E-state index in [1.54, 1.807) is 43.5 Å². The van der Waals surface area contributed by atoms with Crippen LogP contribution in [0.4, 0.5) is 5.69 Å². The zero-order chi connectivity index (χ0) is 17.1. The Morgan fingerprint density at radius 3 is 2.62 bits per heavy atom. The molecule has 0 N–H and O–H groups in total. The molecule has 0 fully saturated rings. The van der Waals surface area contributed by atoms with Gasteiger partial charge in [0.1, 0.15) is 5.75 Å². The number of nitro groups is 1. The van der Waals surface area contributed by atoms with Gasteiger partial charge in [0.25, 0.3) is 5.69 Å². The molecule has 0 atom stereocenters. The van der Waals surface area contributed by atoms with Crippen molar-refractivity contribution in [2.24, 2.45) is 4.99 Å². The quantitative estimate of drug-likeness (QED) is 0.373. The number of cyclic esters (lactones) is 1. The highest BCUT2D eigenvalue weighted by atomic mass is 16.6. The molecule has 0 saturated carbocycles. The molecule has 0 unspecified atom stereocenters. The van der Waals surface area contributed by atoms with Gasteiger partial charge in [-0.3, -0.25) is 10.1 Å². The number of carbonyl (C=O) groups is 1. The number of esters is 1. The Balaban J connectivity index is 1.91. The first kappa shape index (κ1) is 15.4. The maximum absolute atomic E-state index is 11.9. The fourth-order valence-corrected chi connectivity index (χ4v) is 2.14. The molecule has 0 saturated heterocycles. The lowest BCUT2D eigenvalue weighted by Gasteiger charge is -1.99. The minimum absolute atomic E-state index is 0.0449. The molecule has 0 aliphatic carbocycles. The molecular weight excluding hydrogens is 312 g/mol. The van der Waals surface area contributed by atoms with Crippen molar-refractivity contribution in [2.75, 3.05) is 7.11 Å². The third-order valence-corrected chi connectivity index (χ3v) is 3.34. The number of nitrogens with zero attached hydrogens (tertiary/aromatic N) is 2. The Morgan fingerprint density at radius 1 is 1.21 bits per heavy atom. The molecule has 0 aromatic heterocycles. The highest BCUT2D eigenvalue weighted by Gasteiger charge is 2.25. The predicted molar refractivity (Wildman–Crippen MR) is 86.7 cm³/mol. The van der Waals surface area contributed by atoms with Crippen molar-refractivity contribution < 1.29 is 19.2 Å². The van der Waals surface area contributed by atoms with Crippen LogP contribution in [-0.4, -0.2) is 23.9 Å². The van der Waals surface area contributed by atoms with Crippen LogP contribution < -0.4 is 4.74 Å². The van der Waals surface area contributed by atoms with E-state index in [1.807, 2.05) is 0 Å². The van der Waals surface area contributed by atoms with Crippen LogP contribution in [0, 0.1) is 10.1 Å². The average Bonchev–Trinajstić information content (AvgIpc) is 2.96. The van der Waals surface area contributed by atoms with Gasteiger partial charge in [-0.15, -0.1) is 0 Å². The van der Waals surface area contributed by atoms with Gasteiger partial charge in [-0.1, -0.05) is 18.2 Å². The molecule has 2 aromatic rings. The molecule has 0 bridgehead atoms. The van der Waals surface area contributed by atoms with E-state index >= 15 is 0 Å². The van der Waals surface area contributed by atoms with E-state index in [0.717, 1.165) is 5.56 Å². The third kappa shape index (κ3) is 3.14. The third-order valence-electron chi connectivity index (χ3n) is 3.34. The Hall–Kier alpha value is -3.48. The van der Waals surface area contributed by atoms with Gasteiger partial charge in [-0.2, -0.15) is 0 Å². The number of rotatable bonds is 4. The number of aliphatic imine (C=N–C) groups is 1. The molecule has 7 nitrogen and oxygen atoms in total. The summed E-state index contributed by atoms with van der Waals surface area (Å²) in [6.07, 6.45) is 1.58. The Morgan fingerprint density at radius 2 is 1.96 bits per heavy atom. The average molecular weight is 324 g/mol. The number of ether oxygens (including phenoxy) is 2. The normalized spacial score (nSPS) is 15.1. The summed E-state index contributed by atoms with van der Waals surface area (Å²) in [7, 11) is 1.57. The largest absolute Gasteiger partial charge is 0.497 e. The smallest absolute Gasteiger partial charge is 0.363 e. The van der Waals surface area contributed by atoms with Gasteiger partial charge >= 0.3 is 5.97 Å². The summed E-state index contributed by atoms with van der Waals surface area (Å²) in [5, 5.41) is 10.8. The number of methoxy groups -OCH3 is 1. The summed E-state index contributed by atoms with van der Waals surface area (Å²) < 4.78 is 10.2. The van der Waals surface area contributed by atoms with E-state index in [2.05, 4.69) is 4.99 Å². The molecule has 1 aliphatic rings. The highest BCUT2D eigenvalue weighted by molar-refractivity contribution is 6.13. The number of non-ortho nitro benzene ring substituents is 1. The van der Waals surface area contributed by atoms with Crippen molar-refractivity contribution >= 4 is 23.6 Å². The van der Waals surface area contributed by atoms with E-state index in [9.17, 15) is 14.9 Å². The molecule has 24 heavy (non-hydrogen) atoms. The first-order valence-corrected chi connectivity index (χ1v) is 6.98. The topological polar surface area (TPSA) is 91.0 Å². The molecule has 1 aliphatic heterocycles. The van der Waals surface area contributed by atoms with Crippen LogP contribution >= 0.6 is 0 Å². The lowest BCUT2D eigenvalue weighted by Crippen LogP contribution is -2.05. The molecule has 120 valence electrons. The molecule has 3 rings (SSSR count). The van der Waals surface area contributed by atoms with Crippen molar-refractivity contribution in [2.45, 2.75) is 0 Å². The predicted octanol–water partition coefficient (Wildman–Crippen LogP) is 2.95. The monoisotopic (exact) mass is 324 g/mol. The lowest BCUT2D eigenvalue weighted by molar-refractivity contribution is -0.384. The molecular formula is C17H12N2O5. The van der Waals surface area contributed by atoms with Crippen LogP contribution in [0.2, 0.25) is 0 Å². The second kappa shape index (κ2) is 6.33. The maximum atomic E-state index is 11.9.